The maximum Gasteiger partial charge on any atom is 0.246 e. The highest BCUT2D eigenvalue weighted by atomic mass is 19.1. The van der Waals surface area contributed by atoms with Crippen LogP contribution in [0.4, 0.5) is 14.7 Å². The van der Waals surface area contributed by atoms with Gasteiger partial charge in [-0.15, -0.1) is 0 Å². The molecule has 150 valence electrons. The minimum Gasteiger partial charge on any atom is -0.333 e. The average molecular weight is 390 g/mol. The lowest BCUT2D eigenvalue weighted by molar-refractivity contribution is -0.156. The van der Waals surface area contributed by atoms with Crippen molar-refractivity contribution in [2.45, 2.75) is 44.7 Å². The number of hydrogen-bond acceptors (Lipinski definition) is 4. The minimum atomic E-state index is -0.888. The lowest BCUT2D eigenvalue weighted by atomic mass is 9.62. The zero-order valence-corrected chi connectivity index (χ0v) is 15.6. The normalized spacial score (nSPS) is 33.5. The van der Waals surface area contributed by atoms with E-state index in [1.165, 1.54) is 0 Å². The largest absolute Gasteiger partial charge is 0.333 e. The van der Waals surface area contributed by atoms with Gasteiger partial charge in [-0.1, -0.05) is 0 Å². The minimum absolute atomic E-state index is 0.00336. The van der Waals surface area contributed by atoms with Crippen LogP contribution in [0.5, 0.6) is 0 Å². The summed E-state index contributed by atoms with van der Waals surface area (Å²) in [5.41, 5.74) is -0.155. The van der Waals surface area contributed by atoms with Gasteiger partial charge in [0, 0.05) is 18.4 Å². The molecular weight excluding hydrogens is 366 g/mol. The molecule has 0 bridgehead atoms. The average Bonchev–Trinajstić information content (AvgIpc) is 3.57. The second-order valence-electron chi connectivity index (χ2n) is 8.99. The van der Waals surface area contributed by atoms with E-state index < -0.39 is 17.9 Å². The third kappa shape index (κ3) is 3.06. The van der Waals surface area contributed by atoms with Gasteiger partial charge in [0.05, 0.1) is 18.9 Å². The van der Waals surface area contributed by atoms with Crippen molar-refractivity contribution in [1.82, 2.24) is 14.9 Å². The van der Waals surface area contributed by atoms with Crippen LogP contribution in [0.3, 0.4) is 0 Å². The smallest absolute Gasteiger partial charge is 0.246 e. The summed E-state index contributed by atoms with van der Waals surface area (Å²) in [5.74, 6) is -0.960. The van der Waals surface area contributed by atoms with Crippen LogP contribution in [-0.4, -0.2) is 45.9 Å². The monoisotopic (exact) mass is 390 g/mol. The number of piperidine rings is 1. The van der Waals surface area contributed by atoms with E-state index in [-0.39, 0.29) is 41.6 Å². The van der Waals surface area contributed by atoms with Crippen molar-refractivity contribution in [1.29, 1.82) is 0 Å². The Morgan fingerprint density at radius 3 is 2.57 bits per heavy atom. The Kier molecular flexibility index (Phi) is 4.14. The first kappa shape index (κ1) is 17.9. The van der Waals surface area contributed by atoms with E-state index in [1.54, 1.807) is 4.90 Å². The summed E-state index contributed by atoms with van der Waals surface area (Å²) in [5, 5.41) is 2.50. The summed E-state index contributed by atoms with van der Waals surface area (Å²) < 4.78 is 28.3. The molecule has 3 aliphatic carbocycles. The molecule has 28 heavy (non-hydrogen) atoms. The van der Waals surface area contributed by atoms with Crippen LogP contribution in [0.15, 0.2) is 12.4 Å². The van der Waals surface area contributed by atoms with Crippen LogP contribution in [0.2, 0.25) is 0 Å². The Hall–Kier alpha value is -2.12. The standard InChI is InChI=1S/C20H24F2N4O2/c21-12-7-23-19(24-8-12)25-15(27)9-26-10-20(5-6-20)16-14(18(26)28)4-3-13(17(16)22)11-1-2-11/h7-8,11,13-14,16-17H,1-6,9-10H2,(H,23,24,25,27). The molecule has 4 fully saturated rings. The zero-order valence-electron chi connectivity index (χ0n) is 15.6. The number of amides is 2. The number of aromatic nitrogens is 2. The number of alkyl halides is 1. The van der Waals surface area contributed by atoms with Crippen LogP contribution in [0, 0.1) is 34.9 Å². The first-order valence-electron chi connectivity index (χ1n) is 10.2. The fraction of sp³-hybridized carbons (Fsp3) is 0.700. The van der Waals surface area contributed by atoms with E-state index in [1.807, 2.05) is 0 Å². The summed E-state index contributed by atoms with van der Waals surface area (Å²) in [6, 6.07) is 0. The van der Waals surface area contributed by atoms with E-state index in [0.717, 1.165) is 50.9 Å². The second kappa shape index (κ2) is 6.46. The Bertz CT molecular complexity index is 794. The second-order valence-corrected chi connectivity index (χ2v) is 8.99. The quantitative estimate of drug-likeness (QED) is 0.857. The van der Waals surface area contributed by atoms with Crippen molar-refractivity contribution >= 4 is 17.8 Å². The van der Waals surface area contributed by atoms with Crippen LogP contribution < -0.4 is 5.32 Å². The lowest BCUT2D eigenvalue weighted by Gasteiger charge is -2.49. The Morgan fingerprint density at radius 2 is 1.93 bits per heavy atom. The van der Waals surface area contributed by atoms with Gasteiger partial charge in [-0.25, -0.2) is 18.7 Å². The highest BCUT2D eigenvalue weighted by Gasteiger charge is 2.64. The molecule has 1 aliphatic heterocycles. The number of hydrogen-bond donors (Lipinski definition) is 1. The molecule has 3 saturated carbocycles. The van der Waals surface area contributed by atoms with Gasteiger partial charge in [-0.05, 0) is 55.8 Å². The van der Waals surface area contributed by atoms with Gasteiger partial charge in [0.15, 0.2) is 5.82 Å². The molecule has 4 unspecified atom stereocenters. The van der Waals surface area contributed by atoms with Gasteiger partial charge in [-0.2, -0.15) is 0 Å². The summed E-state index contributed by atoms with van der Waals surface area (Å²) in [4.78, 5) is 34.4. The van der Waals surface area contributed by atoms with E-state index in [2.05, 4.69) is 15.3 Å². The molecule has 4 atom stereocenters. The maximum absolute atomic E-state index is 15.4. The molecule has 1 N–H and O–H groups in total. The number of likely N-dealkylation sites (tertiary alicyclic amines) is 1. The molecule has 0 aromatic carbocycles. The predicted molar refractivity (Wildman–Crippen MR) is 96.2 cm³/mol. The number of nitrogens with one attached hydrogen (secondary N) is 1. The maximum atomic E-state index is 15.4. The van der Waals surface area contributed by atoms with E-state index >= 15 is 4.39 Å². The summed E-state index contributed by atoms with van der Waals surface area (Å²) >= 11 is 0. The topological polar surface area (TPSA) is 75.2 Å². The molecule has 2 heterocycles. The van der Waals surface area contributed by atoms with Gasteiger partial charge < -0.3 is 4.90 Å². The van der Waals surface area contributed by atoms with Crippen LogP contribution in [-0.2, 0) is 9.59 Å². The van der Waals surface area contributed by atoms with Crippen molar-refractivity contribution in [3.05, 3.63) is 18.2 Å². The van der Waals surface area contributed by atoms with Crippen molar-refractivity contribution in [2.75, 3.05) is 18.4 Å². The van der Waals surface area contributed by atoms with E-state index in [0.29, 0.717) is 12.5 Å². The molecule has 1 spiro atoms. The molecule has 2 amide bonds. The number of fused-ring (bicyclic) bond motifs is 2. The van der Waals surface area contributed by atoms with E-state index in [4.69, 9.17) is 0 Å². The molecule has 1 saturated heterocycles. The molecule has 1 aromatic rings. The van der Waals surface area contributed by atoms with Crippen molar-refractivity contribution in [2.24, 2.45) is 29.1 Å². The fourth-order valence-electron chi connectivity index (χ4n) is 5.56. The Morgan fingerprint density at radius 1 is 1.21 bits per heavy atom. The highest BCUT2D eigenvalue weighted by molar-refractivity contribution is 5.94. The number of anilines is 1. The molecule has 0 radical (unpaired) electrons. The number of rotatable bonds is 4. The van der Waals surface area contributed by atoms with Crippen molar-refractivity contribution < 1.29 is 18.4 Å². The molecular formula is C20H24F2N4O2. The van der Waals surface area contributed by atoms with Gasteiger partial charge >= 0.3 is 0 Å². The van der Waals surface area contributed by atoms with Gasteiger partial charge in [0.1, 0.15) is 6.17 Å². The number of carbonyl (C=O) groups is 2. The SMILES string of the molecule is O=C(CN1CC2(CC2)C2C(CCC(C3CC3)C2F)C1=O)Nc1ncc(F)cn1. The van der Waals surface area contributed by atoms with Crippen molar-refractivity contribution in [3.8, 4) is 0 Å². The van der Waals surface area contributed by atoms with E-state index in [9.17, 15) is 14.0 Å². The summed E-state index contributed by atoms with van der Waals surface area (Å²) in [6.07, 6.45) is 6.67. The predicted octanol–water partition coefficient (Wildman–Crippen LogP) is 2.57. The van der Waals surface area contributed by atoms with Gasteiger partial charge in [0.25, 0.3) is 0 Å². The highest BCUT2D eigenvalue weighted by Crippen LogP contribution is 2.63. The molecule has 6 nitrogen and oxygen atoms in total. The summed E-state index contributed by atoms with van der Waals surface area (Å²) in [7, 11) is 0. The molecule has 5 rings (SSSR count). The fourth-order valence-corrected chi connectivity index (χ4v) is 5.56. The third-order valence-corrected chi connectivity index (χ3v) is 7.16. The number of nitrogens with zero attached hydrogens (tertiary/aromatic N) is 3. The number of carbonyl (C=O) groups excluding carboxylic acids is 2. The third-order valence-electron chi connectivity index (χ3n) is 7.16. The first-order chi connectivity index (χ1) is 13.5. The molecule has 1 aromatic heterocycles. The van der Waals surface area contributed by atoms with Gasteiger partial charge in [0.2, 0.25) is 17.8 Å². The number of halogens is 2. The molecule has 8 heteroatoms. The Labute approximate surface area is 162 Å². The Balaban J connectivity index is 1.28. The van der Waals surface area contributed by atoms with Crippen LogP contribution in [0.25, 0.3) is 0 Å². The summed E-state index contributed by atoms with van der Waals surface area (Å²) in [6.45, 7) is 0.343. The van der Waals surface area contributed by atoms with Crippen molar-refractivity contribution in [3.63, 3.8) is 0 Å². The molecule has 4 aliphatic rings. The van der Waals surface area contributed by atoms with Crippen LogP contribution in [0.1, 0.15) is 38.5 Å². The van der Waals surface area contributed by atoms with Crippen LogP contribution >= 0.6 is 0 Å². The first-order valence-corrected chi connectivity index (χ1v) is 10.2. The lowest BCUT2D eigenvalue weighted by Crippen LogP contribution is -2.58. The zero-order chi connectivity index (χ0) is 19.5. The van der Waals surface area contributed by atoms with Gasteiger partial charge in [-0.3, -0.25) is 14.9 Å².